The van der Waals surface area contributed by atoms with Gasteiger partial charge in [0.1, 0.15) is 0 Å². The largest absolute Gasteiger partial charge is 0.478 e. The SMILES string of the molecule is O=C(O)c1cc(-c2ccc(C(F)(F)F)cc2)ncc1-c1ccc(Cl)c(Cl)c1. The lowest BCUT2D eigenvalue weighted by Crippen LogP contribution is -2.04. The summed E-state index contributed by atoms with van der Waals surface area (Å²) in [6, 6.07) is 10.3. The minimum atomic E-state index is -4.45. The van der Waals surface area contributed by atoms with Crippen molar-refractivity contribution in [3.63, 3.8) is 0 Å². The van der Waals surface area contributed by atoms with Crippen LogP contribution in [0.15, 0.2) is 54.7 Å². The number of pyridine rings is 1. The van der Waals surface area contributed by atoms with Crippen LogP contribution in [-0.4, -0.2) is 16.1 Å². The van der Waals surface area contributed by atoms with Crippen molar-refractivity contribution in [1.82, 2.24) is 4.98 Å². The Kier molecular flexibility index (Phi) is 5.13. The van der Waals surface area contributed by atoms with Crippen molar-refractivity contribution in [2.75, 3.05) is 0 Å². The highest BCUT2D eigenvalue weighted by molar-refractivity contribution is 6.42. The van der Waals surface area contributed by atoms with Crippen LogP contribution in [0.3, 0.4) is 0 Å². The number of rotatable bonds is 3. The summed E-state index contributed by atoms with van der Waals surface area (Å²) in [5.74, 6) is -1.20. The molecule has 0 aliphatic heterocycles. The number of alkyl halides is 3. The molecule has 0 unspecified atom stereocenters. The molecule has 0 atom stereocenters. The van der Waals surface area contributed by atoms with Crippen LogP contribution in [0, 0.1) is 0 Å². The molecule has 3 rings (SSSR count). The highest BCUT2D eigenvalue weighted by atomic mass is 35.5. The van der Waals surface area contributed by atoms with Gasteiger partial charge in [-0.25, -0.2) is 4.79 Å². The molecule has 0 bridgehead atoms. The molecule has 1 N–H and O–H groups in total. The number of carboxylic acid groups (broad SMARTS) is 1. The molecule has 3 aromatic rings. The summed E-state index contributed by atoms with van der Waals surface area (Å²) in [7, 11) is 0. The Bertz CT molecular complexity index is 1020. The molecule has 0 spiro atoms. The highest BCUT2D eigenvalue weighted by Gasteiger charge is 2.30. The van der Waals surface area contributed by atoms with Crippen molar-refractivity contribution in [1.29, 1.82) is 0 Å². The zero-order valence-electron chi connectivity index (χ0n) is 13.4. The molecule has 0 aliphatic carbocycles. The van der Waals surface area contributed by atoms with Crippen LogP contribution >= 0.6 is 23.2 Å². The van der Waals surface area contributed by atoms with Crippen molar-refractivity contribution < 1.29 is 23.1 Å². The van der Waals surface area contributed by atoms with E-state index < -0.39 is 17.7 Å². The number of hydrogen-bond acceptors (Lipinski definition) is 2. The van der Waals surface area contributed by atoms with E-state index in [1.165, 1.54) is 36.5 Å². The zero-order valence-corrected chi connectivity index (χ0v) is 14.9. The number of benzene rings is 2. The molecular weight excluding hydrogens is 402 g/mol. The maximum Gasteiger partial charge on any atom is 0.416 e. The third kappa shape index (κ3) is 4.07. The van der Waals surface area contributed by atoms with Crippen LogP contribution in [0.25, 0.3) is 22.4 Å². The van der Waals surface area contributed by atoms with E-state index in [4.69, 9.17) is 23.2 Å². The average Bonchev–Trinajstić information content (AvgIpc) is 2.63. The normalized spacial score (nSPS) is 11.4. The maximum atomic E-state index is 12.7. The number of carboxylic acids is 1. The van der Waals surface area contributed by atoms with Gasteiger partial charge in [-0.15, -0.1) is 0 Å². The molecule has 1 aromatic heterocycles. The smallest absolute Gasteiger partial charge is 0.416 e. The van der Waals surface area contributed by atoms with Crippen molar-refractivity contribution in [2.45, 2.75) is 6.18 Å². The fraction of sp³-hybridized carbons (Fsp3) is 0.0526. The molecule has 1 heterocycles. The first kappa shape index (κ1) is 19.2. The van der Waals surface area contributed by atoms with Gasteiger partial charge < -0.3 is 5.11 Å². The Morgan fingerprint density at radius 2 is 1.56 bits per heavy atom. The van der Waals surface area contributed by atoms with E-state index in [1.807, 2.05) is 0 Å². The van der Waals surface area contributed by atoms with Crippen LogP contribution < -0.4 is 0 Å². The second-order valence-electron chi connectivity index (χ2n) is 5.62. The van der Waals surface area contributed by atoms with Crippen molar-refractivity contribution in [3.8, 4) is 22.4 Å². The van der Waals surface area contributed by atoms with Crippen LogP contribution in [0.5, 0.6) is 0 Å². The molecule has 0 saturated carbocycles. The predicted molar refractivity (Wildman–Crippen MR) is 97.1 cm³/mol. The lowest BCUT2D eigenvalue weighted by molar-refractivity contribution is -0.137. The number of hydrogen-bond donors (Lipinski definition) is 1. The number of carbonyl (C=O) groups is 1. The monoisotopic (exact) mass is 411 g/mol. The first-order chi connectivity index (χ1) is 12.7. The third-order valence-corrected chi connectivity index (χ3v) is 4.61. The molecule has 0 saturated heterocycles. The lowest BCUT2D eigenvalue weighted by atomic mass is 9.99. The molecule has 2 aromatic carbocycles. The second-order valence-corrected chi connectivity index (χ2v) is 6.44. The summed E-state index contributed by atoms with van der Waals surface area (Å²) < 4.78 is 38.0. The second kappa shape index (κ2) is 7.21. The minimum Gasteiger partial charge on any atom is -0.478 e. The average molecular weight is 412 g/mol. The number of nitrogens with zero attached hydrogens (tertiary/aromatic N) is 1. The predicted octanol–water partition coefficient (Wildman–Crippen LogP) is 6.44. The van der Waals surface area contributed by atoms with E-state index in [2.05, 4.69) is 4.98 Å². The van der Waals surface area contributed by atoms with Crippen LogP contribution in [0.1, 0.15) is 15.9 Å². The van der Waals surface area contributed by atoms with Gasteiger partial charge in [-0.2, -0.15) is 13.2 Å². The number of aromatic carboxylic acids is 1. The van der Waals surface area contributed by atoms with Gasteiger partial charge in [-0.05, 0) is 35.9 Å². The van der Waals surface area contributed by atoms with Gasteiger partial charge in [-0.1, -0.05) is 41.4 Å². The first-order valence-electron chi connectivity index (χ1n) is 7.53. The molecular formula is C19H10Cl2F3NO2. The Balaban J connectivity index is 2.06. The summed E-state index contributed by atoms with van der Waals surface area (Å²) >= 11 is 11.9. The molecule has 27 heavy (non-hydrogen) atoms. The summed E-state index contributed by atoms with van der Waals surface area (Å²) in [4.78, 5) is 15.9. The number of halogens is 5. The van der Waals surface area contributed by atoms with E-state index in [9.17, 15) is 23.1 Å². The molecule has 138 valence electrons. The fourth-order valence-corrected chi connectivity index (χ4v) is 2.81. The molecule has 0 radical (unpaired) electrons. The first-order valence-corrected chi connectivity index (χ1v) is 8.29. The Labute approximate surface area is 162 Å². The summed E-state index contributed by atoms with van der Waals surface area (Å²) in [6.45, 7) is 0. The van der Waals surface area contributed by atoms with E-state index >= 15 is 0 Å². The molecule has 0 amide bonds. The summed E-state index contributed by atoms with van der Waals surface area (Å²) in [5.41, 5.74) is 0.580. The standard InChI is InChI=1S/C19H10Cl2F3NO2/c20-15-6-3-11(7-16(15)21)14-9-25-17(8-13(14)18(26)27)10-1-4-12(5-2-10)19(22,23)24/h1-9H,(H,26,27). The molecule has 8 heteroatoms. The van der Waals surface area contributed by atoms with Gasteiger partial charge in [0, 0.05) is 17.3 Å². The van der Waals surface area contributed by atoms with Gasteiger partial charge in [0.05, 0.1) is 26.9 Å². The van der Waals surface area contributed by atoms with E-state index in [0.29, 0.717) is 21.7 Å². The molecule has 0 aliphatic rings. The van der Waals surface area contributed by atoms with Gasteiger partial charge in [-0.3, -0.25) is 4.98 Å². The lowest BCUT2D eigenvalue weighted by Gasteiger charge is -2.11. The van der Waals surface area contributed by atoms with Crippen LogP contribution in [-0.2, 0) is 6.18 Å². The Morgan fingerprint density at radius 1 is 0.926 bits per heavy atom. The van der Waals surface area contributed by atoms with E-state index in [-0.39, 0.29) is 16.3 Å². The maximum absolute atomic E-state index is 12.7. The van der Waals surface area contributed by atoms with Gasteiger partial charge >= 0.3 is 12.1 Å². The Hall–Kier alpha value is -2.57. The topological polar surface area (TPSA) is 50.2 Å². The van der Waals surface area contributed by atoms with Crippen molar-refractivity contribution in [3.05, 3.63) is 75.9 Å². The van der Waals surface area contributed by atoms with Crippen LogP contribution in [0.2, 0.25) is 10.0 Å². The van der Waals surface area contributed by atoms with Gasteiger partial charge in [0.15, 0.2) is 0 Å². The van der Waals surface area contributed by atoms with Crippen molar-refractivity contribution >= 4 is 29.2 Å². The summed E-state index contributed by atoms with van der Waals surface area (Å²) in [5, 5.41) is 10.1. The van der Waals surface area contributed by atoms with Gasteiger partial charge in [0.2, 0.25) is 0 Å². The van der Waals surface area contributed by atoms with Crippen molar-refractivity contribution in [2.24, 2.45) is 0 Å². The minimum absolute atomic E-state index is 0.0571. The van der Waals surface area contributed by atoms with E-state index in [0.717, 1.165) is 12.1 Å². The van der Waals surface area contributed by atoms with E-state index in [1.54, 1.807) is 6.07 Å². The van der Waals surface area contributed by atoms with Crippen LogP contribution in [0.4, 0.5) is 13.2 Å². The third-order valence-electron chi connectivity index (χ3n) is 3.87. The summed E-state index contributed by atoms with van der Waals surface area (Å²) in [6.07, 6.45) is -3.11. The molecule has 0 fully saturated rings. The number of aromatic nitrogens is 1. The fourth-order valence-electron chi connectivity index (χ4n) is 2.51. The quantitative estimate of drug-likeness (QED) is 0.539. The zero-order chi connectivity index (χ0) is 19.8. The Morgan fingerprint density at radius 3 is 2.11 bits per heavy atom. The van der Waals surface area contributed by atoms with Gasteiger partial charge in [0.25, 0.3) is 0 Å². The highest BCUT2D eigenvalue weighted by Crippen LogP contribution is 2.33. The molecule has 3 nitrogen and oxygen atoms in total.